The summed E-state index contributed by atoms with van der Waals surface area (Å²) in [5.74, 6) is -0.507. The van der Waals surface area contributed by atoms with Crippen LogP contribution in [-0.2, 0) is 9.59 Å². The normalized spacial score (nSPS) is 14.5. The van der Waals surface area contributed by atoms with E-state index < -0.39 is 12.1 Å². The van der Waals surface area contributed by atoms with E-state index in [2.05, 4.69) is 10.6 Å². The van der Waals surface area contributed by atoms with Crippen molar-refractivity contribution < 1.29 is 9.59 Å². The lowest BCUT2D eigenvalue weighted by Crippen LogP contribution is -2.49. The Balaban J connectivity index is 4.13. The van der Waals surface area contributed by atoms with Crippen LogP contribution >= 0.6 is 0 Å². The van der Waals surface area contributed by atoms with Crippen LogP contribution in [0.3, 0.4) is 0 Å². The lowest BCUT2D eigenvalue weighted by atomic mass is 10.2. The van der Waals surface area contributed by atoms with Crippen molar-refractivity contribution in [3.8, 4) is 0 Å². The fourth-order valence-corrected chi connectivity index (χ4v) is 0.830. The molecule has 0 aliphatic carbocycles. The van der Waals surface area contributed by atoms with E-state index in [1.807, 2.05) is 6.92 Å². The van der Waals surface area contributed by atoms with Crippen LogP contribution in [0.5, 0.6) is 0 Å². The number of amides is 2. The van der Waals surface area contributed by atoms with Crippen molar-refractivity contribution >= 4 is 11.8 Å². The summed E-state index contributed by atoms with van der Waals surface area (Å²) in [5, 5.41) is 5.01. The number of carbonyl (C=O) groups is 2. The quantitative estimate of drug-likeness (QED) is 0.526. The van der Waals surface area contributed by atoms with Gasteiger partial charge in [-0.2, -0.15) is 0 Å². The first-order valence-electron chi connectivity index (χ1n) is 4.30. The van der Waals surface area contributed by atoms with E-state index in [0.29, 0.717) is 6.42 Å². The Bertz CT molecular complexity index is 192. The van der Waals surface area contributed by atoms with Crippen LogP contribution in [0.1, 0.15) is 20.3 Å². The Kier molecular flexibility index (Phi) is 5.06. The van der Waals surface area contributed by atoms with Gasteiger partial charge in [-0.1, -0.05) is 6.92 Å². The molecule has 4 N–H and O–H groups in total. The van der Waals surface area contributed by atoms with Crippen LogP contribution in [0.4, 0.5) is 0 Å². The number of likely N-dealkylation sites (N-methyl/N-ethyl adjacent to an activating group) is 1. The summed E-state index contributed by atoms with van der Waals surface area (Å²) >= 11 is 0. The molecule has 0 fully saturated rings. The van der Waals surface area contributed by atoms with Gasteiger partial charge in [0.05, 0.1) is 6.04 Å². The zero-order valence-corrected chi connectivity index (χ0v) is 8.26. The third-order valence-corrected chi connectivity index (χ3v) is 1.70. The molecule has 0 saturated heterocycles. The van der Waals surface area contributed by atoms with Crippen LogP contribution in [0.15, 0.2) is 0 Å². The summed E-state index contributed by atoms with van der Waals surface area (Å²) in [5.41, 5.74) is 5.34. The molecular formula is C8H17N3O2. The maximum absolute atomic E-state index is 11.1. The Morgan fingerprint density at radius 1 is 1.38 bits per heavy atom. The van der Waals surface area contributed by atoms with Gasteiger partial charge in [-0.05, 0) is 13.3 Å². The number of hydrogen-bond acceptors (Lipinski definition) is 3. The molecule has 0 bridgehead atoms. The molecule has 0 aliphatic heterocycles. The molecule has 0 radical (unpaired) electrons. The number of hydrogen-bond donors (Lipinski definition) is 3. The third-order valence-electron chi connectivity index (χ3n) is 1.70. The van der Waals surface area contributed by atoms with Crippen molar-refractivity contribution in [3.63, 3.8) is 0 Å². The van der Waals surface area contributed by atoms with E-state index in [1.54, 1.807) is 6.92 Å². The van der Waals surface area contributed by atoms with Gasteiger partial charge in [0, 0.05) is 7.05 Å². The van der Waals surface area contributed by atoms with E-state index in [4.69, 9.17) is 5.73 Å². The first-order valence-corrected chi connectivity index (χ1v) is 4.30. The average molecular weight is 187 g/mol. The lowest BCUT2D eigenvalue weighted by Gasteiger charge is -2.16. The van der Waals surface area contributed by atoms with Gasteiger partial charge >= 0.3 is 0 Å². The Morgan fingerprint density at radius 2 is 1.92 bits per heavy atom. The van der Waals surface area contributed by atoms with Crippen LogP contribution in [-0.4, -0.2) is 30.9 Å². The van der Waals surface area contributed by atoms with Crippen molar-refractivity contribution in [1.82, 2.24) is 10.6 Å². The maximum atomic E-state index is 11.1. The van der Waals surface area contributed by atoms with Crippen molar-refractivity contribution in [2.45, 2.75) is 32.4 Å². The fraction of sp³-hybridized carbons (Fsp3) is 0.750. The molecule has 2 atom stereocenters. The van der Waals surface area contributed by atoms with Crippen molar-refractivity contribution in [1.29, 1.82) is 0 Å². The molecule has 0 saturated carbocycles. The summed E-state index contributed by atoms with van der Waals surface area (Å²) in [6.45, 7) is 3.40. The van der Waals surface area contributed by atoms with E-state index in [-0.39, 0.29) is 11.8 Å². The predicted molar refractivity (Wildman–Crippen MR) is 49.9 cm³/mol. The molecule has 0 rings (SSSR count). The molecule has 76 valence electrons. The van der Waals surface area contributed by atoms with Crippen molar-refractivity contribution in [2.75, 3.05) is 7.05 Å². The molecular weight excluding hydrogens is 170 g/mol. The highest BCUT2D eigenvalue weighted by Crippen LogP contribution is 1.91. The summed E-state index contributed by atoms with van der Waals surface area (Å²) in [7, 11) is 1.53. The molecule has 0 aromatic rings. The molecule has 0 aliphatic rings. The largest absolute Gasteiger partial charge is 0.357 e. The summed E-state index contributed by atoms with van der Waals surface area (Å²) in [6, 6.07) is -1.07. The second-order valence-corrected chi connectivity index (χ2v) is 2.87. The minimum Gasteiger partial charge on any atom is -0.357 e. The molecule has 5 heteroatoms. The molecule has 2 amide bonds. The highest BCUT2D eigenvalue weighted by Gasteiger charge is 2.18. The van der Waals surface area contributed by atoms with E-state index in [9.17, 15) is 9.59 Å². The number of nitrogens with two attached hydrogens (primary N) is 1. The predicted octanol–water partition coefficient (Wildman–Crippen LogP) is -1.03. The fourth-order valence-electron chi connectivity index (χ4n) is 0.830. The molecule has 2 unspecified atom stereocenters. The van der Waals surface area contributed by atoms with E-state index in [0.717, 1.165) is 0 Å². The topological polar surface area (TPSA) is 84.2 Å². The second kappa shape index (κ2) is 5.53. The molecule has 0 spiro atoms. The first kappa shape index (κ1) is 11.9. The van der Waals surface area contributed by atoms with Crippen LogP contribution < -0.4 is 16.4 Å². The van der Waals surface area contributed by atoms with Crippen LogP contribution in [0.2, 0.25) is 0 Å². The summed E-state index contributed by atoms with van der Waals surface area (Å²) in [6.07, 6.45) is 0.554. The summed E-state index contributed by atoms with van der Waals surface area (Å²) < 4.78 is 0. The third kappa shape index (κ3) is 3.89. The van der Waals surface area contributed by atoms with Gasteiger partial charge in [-0.25, -0.2) is 0 Å². The van der Waals surface area contributed by atoms with Crippen molar-refractivity contribution in [2.24, 2.45) is 5.73 Å². The molecule has 0 heterocycles. The highest BCUT2D eigenvalue weighted by molar-refractivity contribution is 5.89. The zero-order chi connectivity index (χ0) is 10.4. The zero-order valence-electron chi connectivity index (χ0n) is 8.26. The lowest BCUT2D eigenvalue weighted by molar-refractivity contribution is -0.129. The minimum atomic E-state index is -0.585. The standard InChI is InChI=1S/C8H17N3O2/c1-4-6(8(13)10-3)11-7(12)5(2)9/h5-6H,4,9H2,1-3H3,(H,10,13)(H,11,12). The van der Waals surface area contributed by atoms with Gasteiger partial charge in [-0.15, -0.1) is 0 Å². The number of rotatable bonds is 4. The monoisotopic (exact) mass is 187 g/mol. The summed E-state index contributed by atoms with van der Waals surface area (Å²) in [4.78, 5) is 22.3. The van der Waals surface area contributed by atoms with Crippen molar-refractivity contribution in [3.05, 3.63) is 0 Å². The van der Waals surface area contributed by atoms with E-state index in [1.165, 1.54) is 7.05 Å². The van der Waals surface area contributed by atoms with Gasteiger partial charge in [0.1, 0.15) is 6.04 Å². The smallest absolute Gasteiger partial charge is 0.242 e. The second-order valence-electron chi connectivity index (χ2n) is 2.87. The van der Waals surface area contributed by atoms with Gasteiger partial charge in [0.25, 0.3) is 0 Å². The molecule has 0 aromatic heterocycles. The van der Waals surface area contributed by atoms with Gasteiger partial charge in [0.2, 0.25) is 11.8 Å². The minimum absolute atomic E-state index is 0.198. The molecule has 13 heavy (non-hydrogen) atoms. The average Bonchev–Trinajstić information content (AvgIpc) is 2.12. The van der Waals surface area contributed by atoms with E-state index >= 15 is 0 Å². The SMILES string of the molecule is CCC(NC(=O)C(C)N)C(=O)NC. The Labute approximate surface area is 78.1 Å². The molecule has 5 nitrogen and oxygen atoms in total. The maximum Gasteiger partial charge on any atom is 0.242 e. The number of nitrogens with one attached hydrogen (secondary N) is 2. The van der Waals surface area contributed by atoms with Gasteiger partial charge in [-0.3, -0.25) is 9.59 Å². The van der Waals surface area contributed by atoms with Crippen LogP contribution in [0.25, 0.3) is 0 Å². The number of carbonyl (C=O) groups excluding carboxylic acids is 2. The Morgan fingerprint density at radius 3 is 2.23 bits per heavy atom. The van der Waals surface area contributed by atoms with Gasteiger partial charge < -0.3 is 16.4 Å². The molecule has 0 aromatic carbocycles. The van der Waals surface area contributed by atoms with Gasteiger partial charge in [0.15, 0.2) is 0 Å². The van der Waals surface area contributed by atoms with Crippen LogP contribution in [0, 0.1) is 0 Å². The Hall–Kier alpha value is -1.10. The first-order chi connectivity index (χ1) is 6.02. The highest BCUT2D eigenvalue weighted by atomic mass is 16.2.